The third-order valence-electron chi connectivity index (χ3n) is 2.48. The van der Waals surface area contributed by atoms with E-state index in [2.05, 4.69) is 44.9 Å². The first-order valence-electron chi connectivity index (χ1n) is 5.44. The molecule has 0 fully saturated rings. The molecule has 0 aliphatic carbocycles. The molecule has 1 N–H and O–H groups in total. The molecule has 0 heterocycles. The minimum Gasteiger partial charge on any atom is -0.319 e. The van der Waals surface area contributed by atoms with Gasteiger partial charge in [-0.3, -0.25) is 0 Å². The van der Waals surface area contributed by atoms with E-state index in [-0.39, 0.29) is 0 Å². The normalized spacial score (nSPS) is 13.6. The minimum absolute atomic E-state index is 0.819. The number of thioether (sulfide) groups is 1. The van der Waals surface area contributed by atoms with Gasteiger partial charge in [-0.1, -0.05) is 20.8 Å². The van der Waals surface area contributed by atoms with Gasteiger partial charge in [0.2, 0.25) is 0 Å². The van der Waals surface area contributed by atoms with Crippen molar-refractivity contribution in [2.24, 2.45) is 11.8 Å². The largest absolute Gasteiger partial charge is 0.319 e. The van der Waals surface area contributed by atoms with Crippen molar-refractivity contribution in [1.82, 2.24) is 5.32 Å². The van der Waals surface area contributed by atoms with Crippen LogP contribution in [0.5, 0.6) is 0 Å². The Morgan fingerprint density at radius 1 is 1.31 bits per heavy atom. The number of hydrogen-bond acceptors (Lipinski definition) is 2. The summed E-state index contributed by atoms with van der Waals surface area (Å²) in [4.78, 5) is 0. The van der Waals surface area contributed by atoms with Crippen LogP contribution in [-0.2, 0) is 0 Å². The molecule has 0 saturated carbocycles. The summed E-state index contributed by atoms with van der Waals surface area (Å²) in [6.45, 7) is 8.07. The van der Waals surface area contributed by atoms with Gasteiger partial charge < -0.3 is 5.32 Å². The van der Waals surface area contributed by atoms with E-state index in [0.717, 1.165) is 11.8 Å². The average molecular weight is 203 g/mol. The molecule has 2 heteroatoms. The quantitative estimate of drug-likeness (QED) is 0.609. The summed E-state index contributed by atoms with van der Waals surface area (Å²) in [6, 6.07) is 0. The Hall–Kier alpha value is 0.310. The van der Waals surface area contributed by atoms with Crippen LogP contribution >= 0.6 is 11.8 Å². The summed E-state index contributed by atoms with van der Waals surface area (Å²) >= 11 is 2.06. The van der Waals surface area contributed by atoms with Crippen molar-refractivity contribution in [3.05, 3.63) is 0 Å². The molecule has 0 spiro atoms. The van der Waals surface area contributed by atoms with Crippen LogP contribution in [-0.4, -0.2) is 25.1 Å². The van der Waals surface area contributed by atoms with Gasteiger partial charge in [-0.25, -0.2) is 0 Å². The third-order valence-corrected chi connectivity index (χ3v) is 3.46. The maximum absolute atomic E-state index is 3.28. The summed E-state index contributed by atoms with van der Waals surface area (Å²) in [5, 5.41) is 3.28. The minimum atomic E-state index is 0.819. The van der Waals surface area contributed by atoms with Gasteiger partial charge in [0, 0.05) is 0 Å². The van der Waals surface area contributed by atoms with E-state index in [1.54, 1.807) is 0 Å². The van der Waals surface area contributed by atoms with Crippen LogP contribution in [0.15, 0.2) is 0 Å². The molecule has 1 atom stereocenters. The Kier molecular flexibility index (Phi) is 9.10. The lowest BCUT2D eigenvalue weighted by Gasteiger charge is -2.20. The second kappa shape index (κ2) is 8.89. The fourth-order valence-electron chi connectivity index (χ4n) is 1.53. The van der Waals surface area contributed by atoms with E-state index in [1.807, 2.05) is 0 Å². The average Bonchev–Trinajstić information content (AvgIpc) is 2.10. The lowest BCUT2D eigenvalue weighted by atomic mass is 9.91. The summed E-state index contributed by atoms with van der Waals surface area (Å²) in [7, 11) is 2.05. The Morgan fingerprint density at radius 2 is 2.00 bits per heavy atom. The molecule has 0 radical (unpaired) electrons. The third kappa shape index (κ3) is 7.39. The monoisotopic (exact) mass is 203 g/mol. The first-order chi connectivity index (χ1) is 6.22. The molecule has 0 aromatic carbocycles. The maximum Gasteiger partial charge on any atom is -0.00211 e. The van der Waals surface area contributed by atoms with Crippen LogP contribution in [0, 0.1) is 11.8 Å². The summed E-state index contributed by atoms with van der Waals surface area (Å²) in [6.07, 6.45) is 2.76. The topological polar surface area (TPSA) is 12.0 Å². The Morgan fingerprint density at radius 3 is 2.46 bits per heavy atom. The fourth-order valence-corrected chi connectivity index (χ4v) is 2.18. The molecule has 0 saturated heterocycles. The van der Waals surface area contributed by atoms with E-state index in [0.29, 0.717) is 0 Å². The van der Waals surface area contributed by atoms with Crippen LogP contribution in [0.25, 0.3) is 0 Å². The standard InChI is InChI=1S/C11H25NS/c1-5-13-8-6-7-11(9-12-4)10(2)3/h10-12H,5-9H2,1-4H3. The molecule has 0 bridgehead atoms. The van der Waals surface area contributed by atoms with Gasteiger partial charge in [0.05, 0.1) is 0 Å². The van der Waals surface area contributed by atoms with E-state index >= 15 is 0 Å². The lowest BCUT2D eigenvalue weighted by Crippen LogP contribution is -2.23. The van der Waals surface area contributed by atoms with Crippen LogP contribution in [0.4, 0.5) is 0 Å². The SMILES string of the molecule is CCSCCCC(CNC)C(C)C. The van der Waals surface area contributed by atoms with Crippen molar-refractivity contribution in [2.45, 2.75) is 33.6 Å². The Bertz CT molecular complexity index is 104. The van der Waals surface area contributed by atoms with Crippen LogP contribution in [0.1, 0.15) is 33.6 Å². The van der Waals surface area contributed by atoms with E-state index in [1.165, 1.54) is 30.9 Å². The van der Waals surface area contributed by atoms with Gasteiger partial charge in [-0.15, -0.1) is 0 Å². The predicted octanol–water partition coefficient (Wildman–Crippen LogP) is 3.01. The highest BCUT2D eigenvalue weighted by Gasteiger charge is 2.11. The van der Waals surface area contributed by atoms with Gasteiger partial charge in [0.15, 0.2) is 0 Å². The van der Waals surface area contributed by atoms with Crippen molar-refractivity contribution in [2.75, 3.05) is 25.1 Å². The molecule has 1 nitrogen and oxygen atoms in total. The first kappa shape index (κ1) is 13.3. The van der Waals surface area contributed by atoms with Gasteiger partial charge in [-0.2, -0.15) is 11.8 Å². The molecule has 0 amide bonds. The van der Waals surface area contributed by atoms with Gasteiger partial charge >= 0.3 is 0 Å². The molecular formula is C11H25NS. The first-order valence-corrected chi connectivity index (χ1v) is 6.60. The molecular weight excluding hydrogens is 178 g/mol. The van der Waals surface area contributed by atoms with Crippen LogP contribution in [0.2, 0.25) is 0 Å². The summed E-state index contributed by atoms with van der Waals surface area (Å²) in [5.74, 6) is 4.28. The molecule has 0 aliphatic heterocycles. The van der Waals surface area contributed by atoms with Crippen molar-refractivity contribution in [1.29, 1.82) is 0 Å². The summed E-state index contributed by atoms with van der Waals surface area (Å²) in [5.41, 5.74) is 0. The molecule has 1 unspecified atom stereocenters. The van der Waals surface area contributed by atoms with E-state index in [4.69, 9.17) is 0 Å². The number of hydrogen-bond donors (Lipinski definition) is 1. The van der Waals surface area contributed by atoms with Crippen molar-refractivity contribution in [3.63, 3.8) is 0 Å². The maximum atomic E-state index is 3.28. The van der Waals surface area contributed by atoms with Gasteiger partial charge in [0.25, 0.3) is 0 Å². The highest BCUT2D eigenvalue weighted by Crippen LogP contribution is 2.17. The number of rotatable bonds is 8. The van der Waals surface area contributed by atoms with Gasteiger partial charge in [-0.05, 0) is 49.8 Å². The highest BCUT2D eigenvalue weighted by atomic mass is 32.2. The zero-order chi connectivity index (χ0) is 10.1. The Balaban J connectivity index is 3.45. The molecule has 0 rings (SSSR count). The number of nitrogens with one attached hydrogen (secondary N) is 1. The van der Waals surface area contributed by atoms with Gasteiger partial charge in [0.1, 0.15) is 0 Å². The van der Waals surface area contributed by atoms with Crippen LogP contribution < -0.4 is 5.32 Å². The zero-order valence-corrected chi connectivity index (χ0v) is 10.4. The summed E-state index contributed by atoms with van der Waals surface area (Å²) < 4.78 is 0. The van der Waals surface area contributed by atoms with Crippen LogP contribution in [0.3, 0.4) is 0 Å². The van der Waals surface area contributed by atoms with E-state index < -0.39 is 0 Å². The van der Waals surface area contributed by atoms with Crippen molar-refractivity contribution in [3.8, 4) is 0 Å². The lowest BCUT2D eigenvalue weighted by molar-refractivity contribution is 0.347. The highest BCUT2D eigenvalue weighted by molar-refractivity contribution is 7.99. The fraction of sp³-hybridized carbons (Fsp3) is 1.00. The molecule has 80 valence electrons. The second-order valence-electron chi connectivity index (χ2n) is 3.90. The predicted molar refractivity (Wildman–Crippen MR) is 64.5 cm³/mol. The molecule has 0 aliphatic rings. The Labute approximate surface area is 88.1 Å². The molecule has 13 heavy (non-hydrogen) atoms. The smallest absolute Gasteiger partial charge is 0.00211 e. The van der Waals surface area contributed by atoms with E-state index in [9.17, 15) is 0 Å². The zero-order valence-electron chi connectivity index (χ0n) is 9.60. The molecule has 0 aromatic rings. The van der Waals surface area contributed by atoms with Crippen molar-refractivity contribution >= 4 is 11.8 Å². The van der Waals surface area contributed by atoms with Crippen molar-refractivity contribution < 1.29 is 0 Å². The second-order valence-corrected chi connectivity index (χ2v) is 5.29. The molecule has 0 aromatic heterocycles.